The molecular formula is C12H23N5O. The van der Waals surface area contributed by atoms with Crippen molar-refractivity contribution in [3.63, 3.8) is 0 Å². The van der Waals surface area contributed by atoms with Crippen LogP contribution in [0.2, 0.25) is 0 Å². The van der Waals surface area contributed by atoms with Crippen molar-refractivity contribution >= 4 is 17.4 Å². The molecule has 0 saturated heterocycles. The number of anilines is 2. The second-order valence-corrected chi connectivity index (χ2v) is 4.11. The molecule has 1 rings (SSSR count). The van der Waals surface area contributed by atoms with Crippen LogP contribution in [0.3, 0.4) is 0 Å². The zero-order valence-corrected chi connectivity index (χ0v) is 11.7. The molecule has 6 heteroatoms. The molecule has 0 spiro atoms. The van der Waals surface area contributed by atoms with Crippen LogP contribution in [0.15, 0.2) is 0 Å². The molecule has 0 aliphatic heterocycles. The number of hydrogen-bond acceptors (Lipinski definition) is 4. The molecule has 3 N–H and O–H groups in total. The van der Waals surface area contributed by atoms with Gasteiger partial charge in [0.05, 0.1) is 17.9 Å². The highest BCUT2D eigenvalue weighted by Crippen LogP contribution is 2.26. The van der Waals surface area contributed by atoms with Gasteiger partial charge in [-0.15, -0.1) is 0 Å². The Morgan fingerprint density at radius 1 is 1.44 bits per heavy atom. The number of likely N-dealkylation sites (N-methyl/N-ethyl adjacent to an activating group) is 2. The molecule has 102 valence electrons. The van der Waals surface area contributed by atoms with Gasteiger partial charge < -0.3 is 16.0 Å². The number of nitrogen functional groups attached to an aromatic ring is 1. The standard InChI is InChI=1S/C12H23N5O/c1-5-14-10(18)8-16(6-2)12-11(13)9(4)15-17(12)7-3/h5-8,13H2,1-4H3,(H,14,18). The summed E-state index contributed by atoms with van der Waals surface area (Å²) in [7, 11) is 0. The first-order chi connectivity index (χ1) is 8.54. The summed E-state index contributed by atoms with van der Waals surface area (Å²) in [5.74, 6) is 0.837. The summed E-state index contributed by atoms with van der Waals surface area (Å²) in [5, 5.41) is 7.16. The van der Waals surface area contributed by atoms with E-state index in [2.05, 4.69) is 10.4 Å². The van der Waals surface area contributed by atoms with Gasteiger partial charge in [-0.2, -0.15) is 5.10 Å². The Morgan fingerprint density at radius 3 is 2.61 bits per heavy atom. The molecule has 0 saturated carbocycles. The number of carbonyl (C=O) groups excluding carboxylic acids is 1. The van der Waals surface area contributed by atoms with Gasteiger partial charge in [-0.1, -0.05) is 0 Å². The first-order valence-corrected chi connectivity index (χ1v) is 6.39. The normalized spacial score (nSPS) is 10.4. The fraction of sp³-hybridized carbons (Fsp3) is 0.667. The van der Waals surface area contributed by atoms with Crippen LogP contribution < -0.4 is 16.0 Å². The molecule has 0 aliphatic carbocycles. The largest absolute Gasteiger partial charge is 0.394 e. The topological polar surface area (TPSA) is 76.2 Å². The molecule has 0 aliphatic rings. The van der Waals surface area contributed by atoms with Gasteiger partial charge >= 0.3 is 0 Å². The third-order valence-electron chi connectivity index (χ3n) is 2.84. The average molecular weight is 253 g/mol. The molecule has 0 atom stereocenters. The molecule has 18 heavy (non-hydrogen) atoms. The summed E-state index contributed by atoms with van der Waals surface area (Å²) in [4.78, 5) is 13.6. The molecule has 0 bridgehead atoms. The minimum Gasteiger partial charge on any atom is -0.394 e. The molecule has 1 heterocycles. The van der Waals surface area contributed by atoms with Crippen molar-refractivity contribution in [2.24, 2.45) is 0 Å². The number of amides is 1. The van der Waals surface area contributed by atoms with E-state index < -0.39 is 0 Å². The van der Waals surface area contributed by atoms with Gasteiger partial charge in [0, 0.05) is 19.6 Å². The zero-order chi connectivity index (χ0) is 13.7. The first kappa shape index (κ1) is 14.3. The summed E-state index contributed by atoms with van der Waals surface area (Å²) in [5.41, 5.74) is 7.51. The second kappa shape index (κ2) is 6.28. The van der Waals surface area contributed by atoms with Gasteiger partial charge in [-0.05, 0) is 27.7 Å². The molecule has 0 fully saturated rings. The Kier molecular flexibility index (Phi) is 5.00. The highest BCUT2D eigenvalue weighted by Gasteiger charge is 2.19. The lowest BCUT2D eigenvalue weighted by atomic mass is 10.3. The summed E-state index contributed by atoms with van der Waals surface area (Å²) < 4.78 is 1.84. The molecule has 1 aromatic heterocycles. The van der Waals surface area contributed by atoms with Gasteiger partial charge in [0.25, 0.3) is 0 Å². The number of nitrogens with one attached hydrogen (secondary N) is 1. The lowest BCUT2D eigenvalue weighted by molar-refractivity contribution is -0.119. The number of rotatable bonds is 6. The minimum atomic E-state index is 0.000237. The van der Waals surface area contributed by atoms with E-state index in [1.165, 1.54) is 0 Å². The lowest BCUT2D eigenvalue weighted by Crippen LogP contribution is -2.38. The predicted octanol–water partition coefficient (Wildman–Crippen LogP) is 0.756. The number of carbonyl (C=O) groups is 1. The molecule has 0 radical (unpaired) electrons. The van der Waals surface area contributed by atoms with Crippen molar-refractivity contribution in [2.75, 3.05) is 30.3 Å². The van der Waals surface area contributed by atoms with E-state index in [1.807, 2.05) is 37.3 Å². The van der Waals surface area contributed by atoms with Gasteiger partial charge in [0.1, 0.15) is 0 Å². The van der Waals surface area contributed by atoms with Crippen molar-refractivity contribution in [1.82, 2.24) is 15.1 Å². The Morgan fingerprint density at radius 2 is 2.11 bits per heavy atom. The number of hydrogen-bond donors (Lipinski definition) is 2. The Bertz CT molecular complexity index is 413. The van der Waals surface area contributed by atoms with Crippen molar-refractivity contribution in [3.8, 4) is 0 Å². The Labute approximate surface area is 108 Å². The quantitative estimate of drug-likeness (QED) is 0.784. The molecule has 1 aromatic rings. The third kappa shape index (κ3) is 2.94. The molecule has 0 unspecified atom stereocenters. The maximum Gasteiger partial charge on any atom is 0.239 e. The van der Waals surface area contributed by atoms with Crippen LogP contribution in [0.1, 0.15) is 26.5 Å². The molecule has 0 aromatic carbocycles. The fourth-order valence-electron chi connectivity index (χ4n) is 1.90. The summed E-state index contributed by atoms with van der Waals surface area (Å²) in [6.45, 7) is 10.2. The first-order valence-electron chi connectivity index (χ1n) is 6.39. The van der Waals surface area contributed by atoms with Gasteiger partial charge in [0.15, 0.2) is 5.82 Å². The van der Waals surface area contributed by atoms with Crippen molar-refractivity contribution in [3.05, 3.63) is 5.69 Å². The SMILES string of the molecule is CCNC(=O)CN(CC)c1c(N)c(C)nn1CC. The van der Waals surface area contributed by atoms with Crippen LogP contribution in [0, 0.1) is 6.92 Å². The Balaban J connectivity index is 2.97. The van der Waals surface area contributed by atoms with Crippen molar-refractivity contribution in [2.45, 2.75) is 34.2 Å². The van der Waals surface area contributed by atoms with Gasteiger partial charge in [-0.25, -0.2) is 4.68 Å². The lowest BCUT2D eigenvalue weighted by Gasteiger charge is -2.23. The van der Waals surface area contributed by atoms with E-state index >= 15 is 0 Å². The summed E-state index contributed by atoms with van der Waals surface area (Å²) in [6, 6.07) is 0. The van der Waals surface area contributed by atoms with Crippen LogP contribution in [0.4, 0.5) is 11.5 Å². The maximum atomic E-state index is 11.7. The van der Waals surface area contributed by atoms with Crippen LogP contribution >= 0.6 is 0 Å². The van der Waals surface area contributed by atoms with E-state index in [9.17, 15) is 4.79 Å². The third-order valence-corrected chi connectivity index (χ3v) is 2.84. The fourth-order valence-corrected chi connectivity index (χ4v) is 1.90. The summed E-state index contributed by atoms with van der Waals surface area (Å²) >= 11 is 0. The molecule has 6 nitrogen and oxygen atoms in total. The van der Waals surface area contributed by atoms with E-state index in [4.69, 9.17) is 5.73 Å². The number of nitrogens with two attached hydrogens (primary N) is 1. The van der Waals surface area contributed by atoms with E-state index in [-0.39, 0.29) is 5.91 Å². The van der Waals surface area contributed by atoms with E-state index in [0.717, 1.165) is 18.1 Å². The number of nitrogens with zero attached hydrogens (tertiary/aromatic N) is 3. The van der Waals surface area contributed by atoms with E-state index in [0.29, 0.717) is 25.3 Å². The zero-order valence-electron chi connectivity index (χ0n) is 11.7. The van der Waals surface area contributed by atoms with Crippen molar-refractivity contribution in [1.29, 1.82) is 0 Å². The number of aromatic nitrogens is 2. The monoisotopic (exact) mass is 253 g/mol. The average Bonchev–Trinajstić information content (AvgIpc) is 2.63. The predicted molar refractivity (Wildman–Crippen MR) is 73.6 cm³/mol. The Hall–Kier alpha value is -1.72. The van der Waals surface area contributed by atoms with Crippen LogP contribution in [-0.4, -0.2) is 35.3 Å². The molecular weight excluding hydrogens is 230 g/mol. The highest BCUT2D eigenvalue weighted by molar-refractivity contribution is 5.82. The van der Waals surface area contributed by atoms with Gasteiger partial charge in [-0.3, -0.25) is 4.79 Å². The van der Waals surface area contributed by atoms with Crippen molar-refractivity contribution < 1.29 is 4.79 Å². The van der Waals surface area contributed by atoms with Crippen LogP contribution in [-0.2, 0) is 11.3 Å². The summed E-state index contributed by atoms with van der Waals surface area (Å²) in [6.07, 6.45) is 0. The highest BCUT2D eigenvalue weighted by atomic mass is 16.2. The van der Waals surface area contributed by atoms with E-state index in [1.54, 1.807) is 0 Å². The van der Waals surface area contributed by atoms with Crippen LogP contribution in [0.5, 0.6) is 0 Å². The smallest absolute Gasteiger partial charge is 0.239 e. The van der Waals surface area contributed by atoms with Crippen LogP contribution in [0.25, 0.3) is 0 Å². The van der Waals surface area contributed by atoms with Gasteiger partial charge in [0.2, 0.25) is 5.91 Å². The molecule has 1 amide bonds. The minimum absolute atomic E-state index is 0.000237. The second-order valence-electron chi connectivity index (χ2n) is 4.11. The number of aryl methyl sites for hydroxylation is 2. The maximum absolute atomic E-state index is 11.7.